The third kappa shape index (κ3) is 1.58. The highest BCUT2D eigenvalue weighted by molar-refractivity contribution is 7.90. The Balaban J connectivity index is 2.76. The van der Waals surface area contributed by atoms with Crippen LogP contribution in [-0.2, 0) is 20.0 Å². The summed E-state index contributed by atoms with van der Waals surface area (Å²) in [7, 11) is -7.81. The number of amides is 1. The molecule has 9 heteroatoms. The third-order valence-electron chi connectivity index (χ3n) is 2.04. The Morgan fingerprint density at radius 3 is 2.44 bits per heavy atom. The Bertz CT molecular complexity index is 689. The molecule has 1 aromatic rings. The molecule has 1 aromatic carbocycles. The number of carbonyl (C=O) groups excluding carboxylic acids is 1. The van der Waals surface area contributed by atoms with Crippen molar-refractivity contribution < 1.29 is 21.6 Å². The van der Waals surface area contributed by atoms with E-state index in [1.807, 2.05) is 0 Å². The zero-order valence-corrected chi connectivity index (χ0v) is 9.30. The van der Waals surface area contributed by atoms with E-state index in [2.05, 4.69) is 0 Å². The molecule has 1 heterocycles. The summed E-state index contributed by atoms with van der Waals surface area (Å²) in [6.45, 7) is 0. The number of sulfonamides is 2. The van der Waals surface area contributed by atoms with Gasteiger partial charge in [-0.05, 0) is 18.2 Å². The second-order valence-corrected chi connectivity index (χ2v) is 6.35. The van der Waals surface area contributed by atoms with E-state index in [1.165, 1.54) is 0 Å². The summed E-state index contributed by atoms with van der Waals surface area (Å²) < 4.78 is 46.4. The van der Waals surface area contributed by atoms with Crippen LogP contribution in [0.15, 0.2) is 28.0 Å². The van der Waals surface area contributed by atoms with Crippen LogP contribution in [0.25, 0.3) is 0 Å². The summed E-state index contributed by atoms with van der Waals surface area (Å²) in [6, 6.07) is 3.00. The summed E-state index contributed by atoms with van der Waals surface area (Å²) in [5.41, 5.74) is -0.216. The molecule has 0 bridgehead atoms. The lowest BCUT2D eigenvalue weighted by Crippen LogP contribution is -2.20. The van der Waals surface area contributed by atoms with Crippen LogP contribution in [0.1, 0.15) is 10.4 Å². The molecule has 0 unspecified atom stereocenters. The molecular weight excluding hydrogens is 256 g/mol. The first-order valence-electron chi connectivity index (χ1n) is 3.96. The molecule has 0 spiro atoms. The van der Waals surface area contributed by atoms with Crippen molar-refractivity contribution in [1.29, 1.82) is 0 Å². The second-order valence-electron chi connectivity index (χ2n) is 3.14. The van der Waals surface area contributed by atoms with Gasteiger partial charge in [0.05, 0.1) is 10.5 Å². The molecule has 16 heavy (non-hydrogen) atoms. The first kappa shape index (κ1) is 11.0. The van der Waals surface area contributed by atoms with Crippen molar-refractivity contribution in [2.24, 2.45) is 5.14 Å². The minimum absolute atomic E-state index is 0.216. The fourth-order valence-electron chi connectivity index (χ4n) is 1.33. The zero-order valence-electron chi connectivity index (χ0n) is 7.67. The number of fused-ring (bicyclic) bond motifs is 1. The van der Waals surface area contributed by atoms with Crippen LogP contribution in [0, 0.1) is 0 Å². The van der Waals surface area contributed by atoms with Gasteiger partial charge in [-0.15, -0.1) is 0 Å². The maximum absolute atomic E-state index is 11.3. The van der Waals surface area contributed by atoms with Crippen LogP contribution in [0.4, 0.5) is 0 Å². The maximum atomic E-state index is 11.3. The predicted molar refractivity (Wildman–Crippen MR) is 52.5 cm³/mol. The Morgan fingerprint density at radius 2 is 1.88 bits per heavy atom. The summed E-state index contributed by atoms with van der Waals surface area (Å²) in [6.07, 6.45) is 0. The molecule has 0 atom stereocenters. The summed E-state index contributed by atoms with van der Waals surface area (Å²) in [5.74, 6) is -0.861. The average Bonchev–Trinajstić information content (AvgIpc) is 2.36. The van der Waals surface area contributed by atoms with Gasteiger partial charge < -0.3 is 0 Å². The van der Waals surface area contributed by atoms with Crippen molar-refractivity contribution in [3.8, 4) is 0 Å². The van der Waals surface area contributed by atoms with Crippen molar-refractivity contribution in [3.05, 3.63) is 23.8 Å². The Labute approximate surface area is 91.4 Å². The number of benzene rings is 1. The summed E-state index contributed by atoms with van der Waals surface area (Å²) >= 11 is 0. The normalized spacial score (nSPS) is 17.9. The van der Waals surface area contributed by atoms with Crippen LogP contribution >= 0.6 is 0 Å². The highest BCUT2D eigenvalue weighted by atomic mass is 32.2. The van der Waals surface area contributed by atoms with E-state index in [-0.39, 0.29) is 15.4 Å². The van der Waals surface area contributed by atoms with Crippen molar-refractivity contribution in [3.63, 3.8) is 0 Å². The maximum Gasteiger partial charge on any atom is 0.266 e. The van der Waals surface area contributed by atoms with Crippen LogP contribution in [-0.4, -0.2) is 22.7 Å². The second kappa shape index (κ2) is 3.03. The van der Waals surface area contributed by atoms with Gasteiger partial charge in [-0.1, -0.05) is 0 Å². The van der Waals surface area contributed by atoms with Gasteiger partial charge in [0.15, 0.2) is 0 Å². The molecule has 0 fully saturated rings. The number of hydrogen-bond acceptors (Lipinski definition) is 5. The van der Waals surface area contributed by atoms with E-state index in [1.54, 1.807) is 4.72 Å². The standard InChI is InChI=1S/C7H6N2O5S2/c8-15(11,12)4-1-2-6-5(3-4)7(10)9-16(6,13)14/h1-3H,(H,9,10)(H2,8,11,12). The largest absolute Gasteiger partial charge is 0.268 e. The first-order valence-corrected chi connectivity index (χ1v) is 6.99. The van der Waals surface area contributed by atoms with E-state index >= 15 is 0 Å². The fraction of sp³-hybridized carbons (Fsp3) is 0. The molecule has 0 saturated carbocycles. The summed E-state index contributed by atoms with van der Waals surface area (Å²) in [5, 5.41) is 4.85. The number of carbonyl (C=O) groups is 1. The Morgan fingerprint density at radius 1 is 1.25 bits per heavy atom. The molecule has 7 nitrogen and oxygen atoms in total. The molecule has 86 valence electrons. The van der Waals surface area contributed by atoms with E-state index in [0.29, 0.717) is 0 Å². The van der Waals surface area contributed by atoms with Crippen molar-refractivity contribution >= 4 is 26.0 Å². The quantitative estimate of drug-likeness (QED) is 0.655. The SMILES string of the molecule is NS(=O)(=O)c1ccc2c(c1)C(=O)NS2(=O)=O. The first-order chi connectivity index (χ1) is 7.22. The number of nitrogens with two attached hydrogens (primary N) is 1. The van der Waals surface area contributed by atoms with Gasteiger partial charge in [0.25, 0.3) is 15.9 Å². The van der Waals surface area contributed by atoms with Crippen LogP contribution < -0.4 is 9.86 Å². The summed E-state index contributed by atoms with van der Waals surface area (Å²) in [4.78, 5) is 10.7. The number of hydrogen-bond donors (Lipinski definition) is 2. The average molecular weight is 262 g/mol. The van der Waals surface area contributed by atoms with Gasteiger partial charge in [-0.3, -0.25) is 4.79 Å². The molecule has 1 aliphatic rings. The monoisotopic (exact) mass is 262 g/mol. The minimum atomic E-state index is -3.96. The Hall–Kier alpha value is -1.45. The topological polar surface area (TPSA) is 123 Å². The lowest BCUT2D eigenvalue weighted by molar-refractivity contribution is 0.0985. The number of nitrogens with one attached hydrogen (secondary N) is 1. The highest BCUT2D eigenvalue weighted by Crippen LogP contribution is 2.24. The molecule has 0 saturated heterocycles. The van der Waals surface area contributed by atoms with Gasteiger partial charge in [-0.25, -0.2) is 26.7 Å². The van der Waals surface area contributed by atoms with Gasteiger partial charge in [-0.2, -0.15) is 0 Å². The van der Waals surface area contributed by atoms with Gasteiger partial charge in [0.2, 0.25) is 10.0 Å². The fourth-order valence-corrected chi connectivity index (χ4v) is 3.02. The molecular formula is C7H6N2O5S2. The van der Waals surface area contributed by atoms with Gasteiger partial charge in [0.1, 0.15) is 4.90 Å². The minimum Gasteiger partial charge on any atom is -0.268 e. The molecule has 0 radical (unpaired) electrons. The molecule has 2 rings (SSSR count). The molecule has 0 aliphatic carbocycles. The van der Waals surface area contributed by atoms with E-state index in [4.69, 9.17) is 5.14 Å². The van der Waals surface area contributed by atoms with Crippen molar-refractivity contribution in [2.45, 2.75) is 9.79 Å². The van der Waals surface area contributed by atoms with Crippen LogP contribution in [0.3, 0.4) is 0 Å². The predicted octanol–water partition coefficient (Wildman–Crippen LogP) is -1.23. The van der Waals surface area contributed by atoms with E-state index in [9.17, 15) is 21.6 Å². The van der Waals surface area contributed by atoms with Gasteiger partial charge in [0, 0.05) is 0 Å². The smallest absolute Gasteiger partial charge is 0.266 e. The Kier molecular flexibility index (Phi) is 2.09. The zero-order chi connectivity index (χ0) is 12.1. The van der Waals surface area contributed by atoms with Crippen molar-refractivity contribution in [2.75, 3.05) is 0 Å². The highest BCUT2D eigenvalue weighted by Gasteiger charge is 2.33. The van der Waals surface area contributed by atoms with Gasteiger partial charge >= 0.3 is 0 Å². The lowest BCUT2D eigenvalue weighted by Gasteiger charge is -1.99. The number of rotatable bonds is 1. The lowest BCUT2D eigenvalue weighted by atomic mass is 10.2. The molecule has 3 N–H and O–H groups in total. The molecule has 0 aromatic heterocycles. The third-order valence-corrected chi connectivity index (χ3v) is 4.34. The van der Waals surface area contributed by atoms with Crippen LogP contribution in [0.5, 0.6) is 0 Å². The van der Waals surface area contributed by atoms with Crippen molar-refractivity contribution in [1.82, 2.24) is 4.72 Å². The van der Waals surface area contributed by atoms with E-state index < -0.39 is 26.0 Å². The molecule has 1 aliphatic heterocycles. The number of primary sulfonamides is 1. The van der Waals surface area contributed by atoms with E-state index in [0.717, 1.165) is 18.2 Å². The molecule has 1 amide bonds. The van der Waals surface area contributed by atoms with Crippen LogP contribution in [0.2, 0.25) is 0 Å².